The number of rotatable bonds is 1. The van der Waals surface area contributed by atoms with Crippen molar-refractivity contribution in [2.45, 2.75) is 0 Å². The zero-order valence-electron chi connectivity index (χ0n) is 3.08. The zero-order chi connectivity index (χ0) is 4.99. The van der Waals surface area contributed by atoms with Gasteiger partial charge in [0, 0.05) is 6.26 Å². The average Bonchev–Trinajstić information content (AvgIpc) is 1.35. The summed E-state index contributed by atoms with van der Waals surface area (Å²) < 4.78 is 21.8. The van der Waals surface area contributed by atoms with E-state index in [1.807, 2.05) is 0 Å². The van der Waals surface area contributed by atoms with Crippen LogP contribution in [0.15, 0.2) is 3.77 Å². The molecule has 0 aromatic heterocycles. The van der Waals surface area contributed by atoms with Crippen LogP contribution < -0.4 is 0 Å². The maximum absolute atomic E-state index is 9.41. The van der Waals surface area contributed by atoms with Crippen molar-refractivity contribution in [3.8, 4) is 0 Å². The highest BCUT2D eigenvalue weighted by Gasteiger charge is 1.61. The van der Waals surface area contributed by atoms with Crippen LogP contribution in [0.4, 0.5) is 0 Å². The van der Waals surface area contributed by atoms with Gasteiger partial charge in [0.15, 0.2) is 0 Å². The van der Waals surface area contributed by atoms with E-state index in [1.54, 1.807) is 6.26 Å². The second kappa shape index (κ2) is 3.17. The molecule has 0 bridgehead atoms. The smallest absolute Gasteiger partial charge is 0.163 e. The third-order valence-electron chi connectivity index (χ3n) is 0.135. The van der Waals surface area contributed by atoms with E-state index in [2.05, 4.69) is 3.77 Å². The fraction of sp³-hybridized carbons (Fsp3) is 1.00. The second-order valence-corrected chi connectivity index (χ2v) is 1.87. The molecule has 0 aliphatic rings. The third kappa shape index (κ3) is 3.97. The second-order valence-electron chi connectivity index (χ2n) is 0.474. The predicted octanol–water partition coefficient (Wildman–Crippen LogP) is 0.327. The third-order valence-corrected chi connectivity index (χ3v) is 1.22. The first-order valence-corrected chi connectivity index (χ1v) is 3.32. The van der Waals surface area contributed by atoms with Crippen LogP contribution in [0.25, 0.3) is 0 Å². The normalized spacial score (nSPS) is 7.50. The summed E-state index contributed by atoms with van der Waals surface area (Å²) in [7, 11) is -2.23. The monoisotopic (exact) mass is 125 g/mol. The van der Waals surface area contributed by atoms with E-state index >= 15 is 0 Å². The van der Waals surface area contributed by atoms with E-state index in [0.29, 0.717) is 0 Å². The molecular formula is CH3NO2S2. The molecule has 0 N–H and O–H groups in total. The largest absolute Gasteiger partial charge is 0.322 e. The Balaban J connectivity index is 3.78. The molecule has 0 atom stereocenters. The lowest BCUT2D eigenvalue weighted by atomic mass is 12.0. The van der Waals surface area contributed by atoms with Crippen molar-refractivity contribution < 1.29 is 8.42 Å². The molecule has 0 rings (SSSR count). The van der Waals surface area contributed by atoms with E-state index in [4.69, 9.17) is 0 Å². The first-order valence-electron chi connectivity index (χ1n) is 1.11. The van der Waals surface area contributed by atoms with Crippen molar-refractivity contribution >= 4 is 22.4 Å². The molecule has 36 valence electrons. The molecule has 3 nitrogen and oxygen atoms in total. The van der Waals surface area contributed by atoms with Crippen molar-refractivity contribution in [1.82, 2.24) is 0 Å². The Morgan fingerprint density at radius 1 is 1.67 bits per heavy atom. The molecule has 0 amide bonds. The minimum atomic E-state index is -2.23. The molecule has 0 unspecified atom stereocenters. The van der Waals surface area contributed by atoms with Gasteiger partial charge in [-0.1, -0.05) is 3.77 Å². The van der Waals surface area contributed by atoms with Gasteiger partial charge in [-0.15, -0.1) is 0 Å². The Morgan fingerprint density at radius 2 is 2.17 bits per heavy atom. The average molecular weight is 125 g/mol. The molecule has 0 fully saturated rings. The van der Waals surface area contributed by atoms with Gasteiger partial charge < -0.3 is 0 Å². The minimum Gasteiger partial charge on any atom is -0.163 e. The number of hydrogen-bond acceptors (Lipinski definition) is 4. The Labute approximate surface area is 41.6 Å². The summed E-state index contributed by atoms with van der Waals surface area (Å²) in [6, 6.07) is 0. The van der Waals surface area contributed by atoms with Gasteiger partial charge in [0.1, 0.15) is 0 Å². The topological polar surface area (TPSA) is 46.5 Å². The Morgan fingerprint density at radius 3 is 2.17 bits per heavy atom. The van der Waals surface area contributed by atoms with Crippen LogP contribution in [-0.2, 0) is 10.5 Å². The first kappa shape index (κ1) is 5.97. The summed E-state index contributed by atoms with van der Waals surface area (Å²) >= 11 is 0.922. The molecule has 0 aromatic carbocycles. The summed E-state index contributed by atoms with van der Waals surface area (Å²) in [6.07, 6.45) is 1.58. The molecule has 0 aromatic rings. The molecule has 6 heavy (non-hydrogen) atoms. The van der Waals surface area contributed by atoms with Crippen molar-refractivity contribution in [1.29, 1.82) is 0 Å². The van der Waals surface area contributed by atoms with E-state index < -0.39 is 10.5 Å². The van der Waals surface area contributed by atoms with Crippen molar-refractivity contribution in [3.05, 3.63) is 0 Å². The van der Waals surface area contributed by atoms with Crippen LogP contribution >= 0.6 is 11.9 Å². The van der Waals surface area contributed by atoms with Crippen LogP contribution in [-0.4, -0.2) is 14.7 Å². The summed E-state index contributed by atoms with van der Waals surface area (Å²) in [5.74, 6) is 0. The van der Waals surface area contributed by atoms with E-state index in [0.717, 1.165) is 11.9 Å². The maximum atomic E-state index is 9.41. The Hall–Kier alpha value is -0.0300. The minimum absolute atomic E-state index is 0.922. The van der Waals surface area contributed by atoms with Gasteiger partial charge in [-0.05, 0) is 11.9 Å². The van der Waals surface area contributed by atoms with Gasteiger partial charge >= 0.3 is 10.5 Å². The first-order chi connectivity index (χ1) is 2.77. The zero-order valence-corrected chi connectivity index (χ0v) is 4.71. The lowest BCUT2D eigenvalue weighted by molar-refractivity contribution is 0.623. The maximum Gasteiger partial charge on any atom is 0.322 e. The Kier molecular flexibility index (Phi) is 3.16. The summed E-state index contributed by atoms with van der Waals surface area (Å²) in [5, 5.41) is 0. The van der Waals surface area contributed by atoms with Gasteiger partial charge in [0.05, 0.1) is 0 Å². The van der Waals surface area contributed by atoms with Crippen LogP contribution in [0.3, 0.4) is 0 Å². The Bertz CT molecular complexity index is 126. The van der Waals surface area contributed by atoms with Crippen LogP contribution in [0.2, 0.25) is 0 Å². The van der Waals surface area contributed by atoms with Gasteiger partial charge in [-0.2, -0.15) is 8.42 Å². The van der Waals surface area contributed by atoms with Crippen LogP contribution in [0.5, 0.6) is 0 Å². The molecule has 0 radical (unpaired) electrons. The lowest BCUT2D eigenvalue weighted by Crippen LogP contribution is -1.46. The van der Waals surface area contributed by atoms with E-state index in [-0.39, 0.29) is 0 Å². The van der Waals surface area contributed by atoms with Crippen molar-refractivity contribution in [2.75, 3.05) is 6.26 Å². The molecule has 0 saturated heterocycles. The molecule has 0 spiro atoms. The molecule has 5 heteroatoms. The highest BCUT2D eigenvalue weighted by Crippen LogP contribution is 1.88. The fourth-order valence-corrected chi connectivity index (χ4v) is 0.548. The quantitative estimate of drug-likeness (QED) is 0.474. The molecule has 0 heterocycles. The van der Waals surface area contributed by atoms with Crippen molar-refractivity contribution in [3.63, 3.8) is 0 Å². The van der Waals surface area contributed by atoms with E-state index in [9.17, 15) is 8.42 Å². The molecule has 0 aliphatic carbocycles. The molecule has 0 saturated carbocycles. The SMILES string of the molecule is CSN=S(=O)=O. The predicted molar refractivity (Wildman–Crippen MR) is 24.9 cm³/mol. The highest BCUT2D eigenvalue weighted by atomic mass is 32.2. The van der Waals surface area contributed by atoms with Gasteiger partial charge in [-0.25, -0.2) is 0 Å². The molecular weight excluding hydrogens is 122 g/mol. The summed E-state index contributed by atoms with van der Waals surface area (Å²) in [5.41, 5.74) is 0. The lowest BCUT2D eigenvalue weighted by Gasteiger charge is -1.58. The van der Waals surface area contributed by atoms with Gasteiger partial charge in [-0.3, -0.25) is 0 Å². The van der Waals surface area contributed by atoms with Gasteiger partial charge in [0.2, 0.25) is 0 Å². The van der Waals surface area contributed by atoms with Gasteiger partial charge in [0.25, 0.3) is 0 Å². The fourth-order valence-electron chi connectivity index (χ4n) is 0.0609. The summed E-state index contributed by atoms with van der Waals surface area (Å²) in [4.78, 5) is 0. The van der Waals surface area contributed by atoms with E-state index in [1.165, 1.54) is 0 Å². The van der Waals surface area contributed by atoms with Crippen LogP contribution in [0.1, 0.15) is 0 Å². The number of nitrogens with zero attached hydrogens (tertiary/aromatic N) is 1. The standard InChI is InChI=1S/CH3NO2S2/c1-5-2-6(3)4/h1H3. The summed E-state index contributed by atoms with van der Waals surface area (Å²) in [6.45, 7) is 0. The number of hydrogen-bond donors (Lipinski definition) is 0. The van der Waals surface area contributed by atoms with Crippen molar-refractivity contribution in [2.24, 2.45) is 3.77 Å². The highest BCUT2D eigenvalue weighted by molar-refractivity contribution is 8.00. The van der Waals surface area contributed by atoms with Crippen LogP contribution in [0, 0.1) is 0 Å². The molecule has 0 aliphatic heterocycles.